The Morgan fingerprint density at radius 1 is 1.04 bits per heavy atom. The zero-order valence-corrected chi connectivity index (χ0v) is 15.2. The van der Waals surface area contributed by atoms with E-state index in [1.165, 1.54) is 0 Å². The minimum Gasteiger partial charge on any atom is -0.350 e. The van der Waals surface area contributed by atoms with E-state index in [9.17, 15) is 9.59 Å². The van der Waals surface area contributed by atoms with Crippen LogP contribution in [-0.4, -0.2) is 18.5 Å². The van der Waals surface area contributed by atoms with Crippen LogP contribution in [0.4, 0.5) is 10.5 Å². The maximum absolute atomic E-state index is 12.0. The van der Waals surface area contributed by atoms with Crippen molar-refractivity contribution in [2.75, 3.05) is 11.9 Å². The summed E-state index contributed by atoms with van der Waals surface area (Å²) in [6.45, 7) is 2.09. The summed E-state index contributed by atoms with van der Waals surface area (Å²) in [6.07, 6.45) is 0.174. The third-order valence-electron chi connectivity index (χ3n) is 3.49. The highest BCUT2D eigenvalue weighted by atomic mass is 35.5. The van der Waals surface area contributed by atoms with Gasteiger partial charge in [0.25, 0.3) is 0 Å². The number of urea groups is 1. The summed E-state index contributed by atoms with van der Waals surface area (Å²) >= 11 is 11.9. The molecule has 3 amide bonds. The second-order valence-electron chi connectivity index (χ2n) is 5.46. The molecule has 25 heavy (non-hydrogen) atoms. The lowest BCUT2D eigenvalue weighted by Crippen LogP contribution is -2.34. The van der Waals surface area contributed by atoms with Crippen LogP contribution in [0, 0.1) is 0 Å². The number of nitrogens with one attached hydrogen (secondary N) is 3. The number of rotatable bonds is 6. The van der Waals surface area contributed by atoms with Gasteiger partial charge < -0.3 is 16.0 Å². The van der Waals surface area contributed by atoms with Gasteiger partial charge in [0.15, 0.2) is 0 Å². The molecule has 0 aliphatic rings. The first-order valence-electron chi connectivity index (χ1n) is 7.80. The van der Waals surface area contributed by atoms with Crippen LogP contribution in [0.25, 0.3) is 0 Å². The minimum atomic E-state index is -0.350. The van der Waals surface area contributed by atoms with Gasteiger partial charge in [-0.1, -0.05) is 47.5 Å². The van der Waals surface area contributed by atoms with Crippen LogP contribution in [0.3, 0.4) is 0 Å². The van der Waals surface area contributed by atoms with Crippen LogP contribution in [-0.2, 0) is 4.79 Å². The SMILES string of the molecule is C[C@@H](NC(=O)CCNC(=O)Nc1ccccc1)c1ccc(Cl)c(Cl)c1. The molecule has 3 N–H and O–H groups in total. The molecule has 0 saturated carbocycles. The van der Waals surface area contributed by atoms with E-state index < -0.39 is 0 Å². The summed E-state index contributed by atoms with van der Waals surface area (Å²) in [6, 6.07) is 13.7. The molecule has 0 heterocycles. The van der Waals surface area contributed by atoms with Gasteiger partial charge in [-0.15, -0.1) is 0 Å². The normalized spacial score (nSPS) is 11.5. The minimum absolute atomic E-state index is 0.168. The molecule has 0 aliphatic carbocycles. The second-order valence-corrected chi connectivity index (χ2v) is 6.27. The Morgan fingerprint density at radius 3 is 2.44 bits per heavy atom. The molecular formula is C18H19Cl2N3O2. The van der Waals surface area contributed by atoms with E-state index in [-0.39, 0.29) is 30.9 Å². The first-order valence-corrected chi connectivity index (χ1v) is 8.55. The van der Waals surface area contributed by atoms with Crippen molar-refractivity contribution >= 4 is 40.8 Å². The van der Waals surface area contributed by atoms with E-state index in [0.717, 1.165) is 5.56 Å². The largest absolute Gasteiger partial charge is 0.350 e. The Balaban J connectivity index is 1.73. The Morgan fingerprint density at radius 2 is 1.76 bits per heavy atom. The van der Waals surface area contributed by atoms with Crippen molar-refractivity contribution in [1.82, 2.24) is 10.6 Å². The van der Waals surface area contributed by atoms with Crippen molar-refractivity contribution in [3.05, 3.63) is 64.1 Å². The lowest BCUT2D eigenvalue weighted by atomic mass is 10.1. The molecule has 0 aromatic heterocycles. The third-order valence-corrected chi connectivity index (χ3v) is 4.23. The average molecular weight is 380 g/mol. The topological polar surface area (TPSA) is 70.2 Å². The number of halogens is 2. The van der Waals surface area contributed by atoms with Gasteiger partial charge in [-0.25, -0.2) is 4.79 Å². The molecule has 0 saturated heterocycles. The molecule has 5 nitrogen and oxygen atoms in total. The third kappa shape index (κ3) is 6.29. The predicted molar refractivity (Wildman–Crippen MR) is 101 cm³/mol. The maximum Gasteiger partial charge on any atom is 0.319 e. The Bertz CT molecular complexity index is 738. The van der Waals surface area contributed by atoms with E-state index in [4.69, 9.17) is 23.2 Å². The fraction of sp³-hybridized carbons (Fsp3) is 0.222. The van der Waals surface area contributed by atoms with Crippen LogP contribution in [0.2, 0.25) is 10.0 Å². The molecular weight excluding hydrogens is 361 g/mol. The second kappa shape index (κ2) is 9.30. The van der Waals surface area contributed by atoms with Crippen molar-refractivity contribution in [1.29, 1.82) is 0 Å². The number of benzene rings is 2. The smallest absolute Gasteiger partial charge is 0.319 e. The molecule has 0 spiro atoms. The Hall–Kier alpha value is -2.24. The van der Waals surface area contributed by atoms with Crippen LogP contribution in [0.5, 0.6) is 0 Å². The monoisotopic (exact) mass is 379 g/mol. The molecule has 1 atom stereocenters. The van der Waals surface area contributed by atoms with Gasteiger partial charge in [0, 0.05) is 18.7 Å². The highest BCUT2D eigenvalue weighted by Gasteiger charge is 2.11. The fourth-order valence-corrected chi connectivity index (χ4v) is 2.47. The van der Waals surface area contributed by atoms with E-state index >= 15 is 0 Å². The van der Waals surface area contributed by atoms with Gasteiger partial charge in [0.2, 0.25) is 5.91 Å². The van der Waals surface area contributed by atoms with E-state index in [1.807, 2.05) is 31.2 Å². The maximum atomic E-state index is 12.0. The molecule has 7 heteroatoms. The molecule has 132 valence electrons. The van der Waals surface area contributed by atoms with Gasteiger partial charge in [0.1, 0.15) is 0 Å². The van der Waals surface area contributed by atoms with Crippen molar-refractivity contribution in [3.8, 4) is 0 Å². The molecule has 2 aromatic rings. The predicted octanol–water partition coefficient (Wildman–Crippen LogP) is 4.38. The lowest BCUT2D eigenvalue weighted by Gasteiger charge is -2.15. The van der Waals surface area contributed by atoms with Gasteiger partial charge in [-0.3, -0.25) is 4.79 Å². The zero-order valence-electron chi connectivity index (χ0n) is 13.7. The molecule has 0 radical (unpaired) electrons. The summed E-state index contributed by atoms with van der Waals surface area (Å²) in [5.41, 5.74) is 1.55. The quantitative estimate of drug-likeness (QED) is 0.696. The first-order chi connectivity index (χ1) is 12.0. The van der Waals surface area contributed by atoms with Crippen LogP contribution >= 0.6 is 23.2 Å². The number of para-hydroxylation sites is 1. The van der Waals surface area contributed by atoms with Gasteiger partial charge in [-0.2, -0.15) is 0 Å². The molecule has 0 unspecified atom stereocenters. The lowest BCUT2D eigenvalue weighted by molar-refractivity contribution is -0.121. The van der Waals surface area contributed by atoms with Gasteiger partial charge in [-0.05, 0) is 36.8 Å². The van der Waals surface area contributed by atoms with E-state index in [2.05, 4.69) is 16.0 Å². The number of amides is 3. The highest BCUT2D eigenvalue weighted by molar-refractivity contribution is 6.42. The highest BCUT2D eigenvalue weighted by Crippen LogP contribution is 2.25. The summed E-state index contributed by atoms with van der Waals surface area (Å²) in [4.78, 5) is 23.7. The molecule has 0 aliphatic heterocycles. The van der Waals surface area contributed by atoms with Crippen LogP contribution in [0.1, 0.15) is 24.9 Å². The van der Waals surface area contributed by atoms with Crippen molar-refractivity contribution in [2.24, 2.45) is 0 Å². The van der Waals surface area contributed by atoms with E-state index in [0.29, 0.717) is 15.7 Å². The van der Waals surface area contributed by atoms with Gasteiger partial charge >= 0.3 is 6.03 Å². The molecule has 2 rings (SSSR count). The average Bonchev–Trinajstić information content (AvgIpc) is 2.58. The van der Waals surface area contributed by atoms with Crippen molar-refractivity contribution < 1.29 is 9.59 Å². The van der Waals surface area contributed by atoms with Crippen LogP contribution in [0.15, 0.2) is 48.5 Å². The summed E-state index contributed by atoms with van der Waals surface area (Å²) < 4.78 is 0. The zero-order chi connectivity index (χ0) is 18.2. The number of anilines is 1. The molecule has 2 aromatic carbocycles. The number of hydrogen-bond donors (Lipinski definition) is 3. The number of hydrogen-bond acceptors (Lipinski definition) is 2. The standard InChI is InChI=1S/C18H19Cl2N3O2/c1-12(13-7-8-15(19)16(20)11-13)22-17(24)9-10-21-18(25)23-14-5-3-2-4-6-14/h2-8,11-12H,9-10H2,1H3,(H,22,24)(H2,21,23,25)/t12-/m1/s1. The van der Waals surface area contributed by atoms with Crippen LogP contribution < -0.4 is 16.0 Å². The van der Waals surface area contributed by atoms with Crippen molar-refractivity contribution in [2.45, 2.75) is 19.4 Å². The van der Waals surface area contributed by atoms with Gasteiger partial charge in [0.05, 0.1) is 16.1 Å². The summed E-state index contributed by atoms with van der Waals surface area (Å²) in [5.74, 6) is -0.168. The Labute approximate surface area is 156 Å². The fourth-order valence-electron chi connectivity index (χ4n) is 2.17. The number of carbonyl (C=O) groups excluding carboxylic acids is 2. The summed E-state index contributed by atoms with van der Waals surface area (Å²) in [5, 5.41) is 9.09. The number of carbonyl (C=O) groups is 2. The molecule has 0 fully saturated rings. The first kappa shape index (κ1) is 19.1. The molecule has 0 bridgehead atoms. The Kier molecular flexibility index (Phi) is 7.10. The van der Waals surface area contributed by atoms with Crippen molar-refractivity contribution in [3.63, 3.8) is 0 Å². The van der Waals surface area contributed by atoms with E-state index in [1.54, 1.807) is 24.3 Å². The summed E-state index contributed by atoms with van der Waals surface area (Å²) in [7, 11) is 0.